The smallest absolute Gasteiger partial charge is 0.273 e. The molecule has 31 heavy (non-hydrogen) atoms. The molecule has 1 aliphatic rings. The molecule has 162 valence electrons. The Labute approximate surface area is 180 Å². The lowest BCUT2D eigenvalue weighted by atomic mass is 9.85. The molecule has 2 unspecified atom stereocenters. The fraction of sp³-hybridized carbons (Fsp3) is 0.348. The largest absolute Gasteiger partial charge is 0.497 e. The van der Waals surface area contributed by atoms with E-state index >= 15 is 0 Å². The van der Waals surface area contributed by atoms with E-state index in [2.05, 4.69) is 39.7 Å². The van der Waals surface area contributed by atoms with E-state index < -0.39 is 0 Å². The van der Waals surface area contributed by atoms with E-state index in [9.17, 15) is 9.18 Å². The molecule has 0 bridgehead atoms. The second kappa shape index (κ2) is 9.26. The summed E-state index contributed by atoms with van der Waals surface area (Å²) in [5.41, 5.74) is 2.08. The molecule has 4 rings (SSSR count). The number of hydrogen-bond donors (Lipinski definition) is 1. The number of aromatic nitrogens is 3. The van der Waals surface area contributed by atoms with E-state index in [0.717, 1.165) is 25.1 Å². The van der Waals surface area contributed by atoms with Crippen molar-refractivity contribution < 1.29 is 13.9 Å². The van der Waals surface area contributed by atoms with Crippen molar-refractivity contribution in [1.82, 2.24) is 25.2 Å². The minimum absolute atomic E-state index is 0.217. The average molecular weight is 423 g/mol. The molecule has 2 heterocycles. The van der Waals surface area contributed by atoms with Crippen molar-refractivity contribution in [2.75, 3.05) is 27.2 Å². The van der Waals surface area contributed by atoms with Crippen molar-refractivity contribution in [2.24, 2.45) is 5.92 Å². The van der Waals surface area contributed by atoms with Crippen LogP contribution in [-0.2, 0) is 0 Å². The molecule has 8 heteroatoms. The number of rotatable bonds is 6. The van der Waals surface area contributed by atoms with Gasteiger partial charge in [0.2, 0.25) is 0 Å². The monoisotopic (exact) mass is 423 g/mol. The maximum atomic E-state index is 13.1. The van der Waals surface area contributed by atoms with Crippen molar-refractivity contribution in [3.05, 3.63) is 71.8 Å². The van der Waals surface area contributed by atoms with Crippen LogP contribution in [0.4, 0.5) is 4.39 Å². The van der Waals surface area contributed by atoms with Crippen LogP contribution >= 0.6 is 0 Å². The Balaban J connectivity index is 1.43. The lowest BCUT2D eigenvalue weighted by Gasteiger charge is -2.39. The van der Waals surface area contributed by atoms with Crippen molar-refractivity contribution in [3.63, 3.8) is 0 Å². The Bertz CT molecular complexity index is 1020. The fourth-order valence-electron chi connectivity index (χ4n) is 4.20. The summed E-state index contributed by atoms with van der Waals surface area (Å²) in [5.74, 6) is 0.514. The van der Waals surface area contributed by atoms with E-state index in [1.54, 1.807) is 25.4 Å². The third-order valence-corrected chi connectivity index (χ3v) is 5.81. The molecule has 1 aromatic heterocycles. The third-order valence-electron chi connectivity index (χ3n) is 5.81. The molecular weight excluding hydrogens is 397 g/mol. The van der Waals surface area contributed by atoms with E-state index in [1.807, 2.05) is 12.1 Å². The van der Waals surface area contributed by atoms with Gasteiger partial charge in [-0.3, -0.25) is 9.69 Å². The van der Waals surface area contributed by atoms with Gasteiger partial charge in [-0.25, -0.2) is 9.07 Å². The van der Waals surface area contributed by atoms with Crippen LogP contribution in [0.2, 0.25) is 0 Å². The predicted octanol–water partition coefficient (Wildman–Crippen LogP) is 3.23. The van der Waals surface area contributed by atoms with Crippen LogP contribution in [0.25, 0.3) is 5.69 Å². The van der Waals surface area contributed by atoms with Gasteiger partial charge in [-0.2, -0.15) is 0 Å². The van der Waals surface area contributed by atoms with Crippen LogP contribution in [0.5, 0.6) is 5.75 Å². The molecular formula is C23H26FN5O2. The maximum Gasteiger partial charge on any atom is 0.273 e. The molecule has 1 N–H and O–H groups in total. The highest BCUT2D eigenvalue weighted by atomic mass is 19.1. The van der Waals surface area contributed by atoms with Crippen LogP contribution in [-0.4, -0.2) is 53.0 Å². The number of benzene rings is 2. The zero-order chi connectivity index (χ0) is 21.8. The second-order valence-corrected chi connectivity index (χ2v) is 7.84. The van der Waals surface area contributed by atoms with E-state index in [1.165, 1.54) is 22.4 Å². The van der Waals surface area contributed by atoms with Gasteiger partial charge in [0, 0.05) is 12.6 Å². The van der Waals surface area contributed by atoms with Gasteiger partial charge in [-0.1, -0.05) is 17.3 Å². The van der Waals surface area contributed by atoms with Gasteiger partial charge in [0.15, 0.2) is 5.69 Å². The van der Waals surface area contributed by atoms with Gasteiger partial charge in [0.25, 0.3) is 5.91 Å². The van der Waals surface area contributed by atoms with Gasteiger partial charge in [-0.05, 0) is 74.3 Å². The molecule has 0 saturated carbocycles. The molecule has 0 spiro atoms. The lowest BCUT2D eigenvalue weighted by molar-refractivity contribution is 0.0887. The average Bonchev–Trinajstić information content (AvgIpc) is 3.28. The number of hydrogen-bond acceptors (Lipinski definition) is 5. The molecule has 1 saturated heterocycles. The normalized spacial score (nSPS) is 19.2. The first-order valence-corrected chi connectivity index (χ1v) is 10.4. The highest BCUT2D eigenvalue weighted by Gasteiger charge is 2.31. The molecule has 1 amide bonds. The topological polar surface area (TPSA) is 72.3 Å². The van der Waals surface area contributed by atoms with Gasteiger partial charge < -0.3 is 10.1 Å². The van der Waals surface area contributed by atoms with Crippen LogP contribution in [0.3, 0.4) is 0 Å². The van der Waals surface area contributed by atoms with Crippen molar-refractivity contribution >= 4 is 5.91 Å². The number of halogens is 1. The highest BCUT2D eigenvalue weighted by molar-refractivity contribution is 5.91. The quantitative estimate of drug-likeness (QED) is 0.659. The Kier molecular flexibility index (Phi) is 6.27. The summed E-state index contributed by atoms with van der Waals surface area (Å²) in [4.78, 5) is 15.0. The minimum Gasteiger partial charge on any atom is -0.497 e. The van der Waals surface area contributed by atoms with E-state index in [-0.39, 0.29) is 29.4 Å². The zero-order valence-electron chi connectivity index (χ0n) is 17.7. The molecule has 0 aliphatic carbocycles. The highest BCUT2D eigenvalue weighted by Crippen LogP contribution is 2.35. The Morgan fingerprint density at radius 2 is 1.94 bits per heavy atom. The number of amides is 1. The van der Waals surface area contributed by atoms with Gasteiger partial charge in [0.05, 0.1) is 19.0 Å². The number of methoxy groups -OCH3 is 1. The minimum atomic E-state index is -0.328. The first-order chi connectivity index (χ1) is 15.0. The molecule has 7 nitrogen and oxygen atoms in total. The summed E-state index contributed by atoms with van der Waals surface area (Å²) >= 11 is 0. The Morgan fingerprint density at radius 1 is 1.19 bits per heavy atom. The van der Waals surface area contributed by atoms with Crippen LogP contribution < -0.4 is 10.1 Å². The number of nitrogens with one attached hydrogen (secondary N) is 1. The zero-order valence-corrected chi connectivity index (χ0v) is 17.7. The van der Waals surface area contributed by atoms with Crippen molar-refractivity contribution in [3.8, 4) is 11.4 Å². The molecule has 2 aromatic carbocycles. The summed E-state index contributed by atoms with van der Waals surface area (Å²) in [6, 6.07) is 14.2. The number of ether oxygens (including phenoxy) is 1. The summed E-state index contributed by atoms with van der Waals surface area (Å²) in [6.07, 6.45) is 3.67. The van der Waals surface area contributed by atoms with E-state index in [4.69, 9.17) is 4.74 Å². The van der Waals surface area contributed by atoms with Gasteiger partial charge in [0.1, 0.15) is 11.6 Å². The predicted molar refractivity (Wildman–Crippen MR) is 115 cm³/mol. The SMILES string of the molecule is COc1ccc(C2C(CNC(=O)c3cn(-c4ccc(F)cc4)nn3)CCCN2C)cc1. The summed E-state index contributed by atoms with van der Waals surface area (Å²) in [7, 11) is 3.78. The fourth-order valence-corrected chi connectivity index (χ4v) is 4.20. The Hall–Kier alpha value is -3.26. The number of carbonyl (C=O) groups excluding carboxylic acids is 1. The maximum absolute atomic E-state index is 13.1. The number of likely N-dealkylation sites (tertiary alicyclic amines) is 1. The lowest BCUT2D eigenvalue weighted by Crippen LogP contribution is -2.41. The number of piperidine rings is 1. The molecule has 3 aromatic rings. The summed E-state index contributed by atoms with van der Waals surface area (Å²) in [5, 5.41) is 11.0. The van der Waals surface area contributed by atoms with Crippen LogP contribution in [0.15, 0.2) is 54.7 Å². The van der Waals surface area contributed by atoms with Gasteiger partial charge in [-0.15, -0.1) is 5.10 Å². The summed E-state index contributed by atoms with van der Waals surface area (Å²) in [6.45, 7) is 1.57. The summed E-state index contributed by atoms with van der Waals surface area (Å²) < 4.78 is 19.8. The first-order valence-electron chi connectivity index (χ1n) is 10.4. The molecule has 1 fully saturated rings. The van der Waals surface area contributed by atoms with Gasteiger partial charge >= 0.3 is 0 Å². The van der Waals surface area contributed by atoms with Crippen LogP contribution in [0.1, 0.15) is 34.9 Å². The standard InChI is InChI=1S/C23H26FN5O2/c1-28-13-3-4-17(22(28)16-5-11-20(31-2)12-6-16)14-25-23(30)21-15-29(27-26-21)19-9-7-18(24)8-10-19/h5-12,15,17,22H,3-4,13-14H2,1-2H3,(H,25,30). The third kappa shape index (κ3) is 4.74. The second-order valence-electron chi connectivity index (χ2n) is 7.84. The number of carbonyl (C=O) groups is 1. The first kappa shape index (κ1) is 21.0. The number of nitrogens with zero attached hydrogens (tertiary/aromatic N) is 4. The van der Waals surface area contributed by atoms with Crippen LogP contribution in [0, 0.1) is 11.7 Å². The van der Waals surface area contributed by atoms with Crippen molar-refractivity contribution in [1.29, 1.82) is 0 Å². The van der Waals surface area contributed by atoms with Crippen molar-refractivity contribution in [2.45, 2.75) is 18.9 Å². The van der Waals surface area contributed by atoms with E-state index in [0.29, 0.717) is 12.2 Å². The Morgan fingerprint density at radius 3 is 2.65 bits per heavy atom. The molecule has 2 atom stereocenters. The molecule has 1 aliphatic heterocycles. The molecule has 0 radical (unpaired) electrons.